The fourth-order valence-corrected chi connectivity index (χ4v) is 1.24. The van der Waals surface area contributed by atoms with Crippen LogP contribution >= 0.6 is 0 Å². The topological polar surface area (TPSA) is 94.0 Å². The summed E-state index contributed by atoms with van der Waals surface area (Å²) in [7, 11) is 1.52. The number of aromatic nitrogens is 2. The number of nitrogens with one attached hydrogen (secondary N) is 1. The van der Waals surface area contributed by atoms with Crippen LogP contribution in [0, 0.1) is 0 Å². The van der Waals surface area contributed by atoms with Crippen molar-refractivity contribution in [3.8, 4) is 0 Å². The van der Waals surface area contributed by atoms with E-state index < -0.39 is 0 Å². The summed E-state index contributed by atoms with van der Waals surface area (Å²) >= 11 is 0. The average Bonchev–Trinajstić information content (AvgIpc) is 2.65. The first-order chi connectivity index (χ1) is 7.17. The minimum absolute atomic E-state index is 0.00740. The predicted molar refractivity (Wildman–Crippen MR) is 54.3 cm³/mol. The number of carbonyl (C=O) groups is 1. The van der Waals surface area contributed by atoms with Gasteiger partial charge in [0.15, 0.2) is 0 Å². The van der Waals surface area contributed by atoms with E-state index in [0.29, 0.717) is 12.3 Å². The van der Waals surface area contributed by atoms with Crippen molar-refractivity contribution in [3.63, 3.8) is 0 Å². The summed E-state index contributed by atoms with van der Waals surface area (Å²) in [5.74, 6) is 0.111. The molecule has 3 N–H and O–H groups in total. The molecule has 1 aromatic rings. The van der Waals surface area contributed by atoms with Crippen LogP contribution in [0.25, 0.3) is 0 Å². The minimum Gasteiger partial charge on any atom is -0.352 e. The molecule has 0 aromatic carbocycles. The molecule has 15 heavy (non-hydrogen) atoms. The van der Waals surface area contributed by atoms with Gasteiger partial charge in [0, 0.05) is 19.5 Å². The van der Waals surface area contributed by atoms with Crippen molar-refractivity contribution in [1.29, 1.82) is 0 Å². The lowest BCUT2D eigenvalue weighted by molar-refractivity contribution is 0.0950. The second-order valence-electron chi connectivity index (χ2n) is 3.34. The van der Waals surface area contributed by atoms with Crippen LogP contribution in [0.1, 0.15) is 36.3 Å². The lowest BCUT2D eigenvalue weighted by Crippen LogP contribution is -2.23. The molecule has 0 spiro atoms. The highest BCUT2D eigenvalue weighted by Gasteiger charge is 2.14. The molecule has 1 amide bonds. The summed E-state index contributed by atoms with van der Waals surface area (Å²) in [5, 5.41) is 5.96. The van der Waals surface area contributed by atoms with Gasteiger partial charge >= 0.3 is 0 Å². The van der Waals surface area contributed by atoms with E-state index in [0.717, 1.165) is 12.8 Å². The highest BCUT2D eigenvalue weighted by Crippen LogP contribution is 2.04. The number of hydrogen-bond donors (Lipinski definition) is 2. The van der Waals surface area contributed by atoms with Crippen molar-refractivity contribution in [2.75, 3.05) is 7.05 Å². The third kappa shape index (κ3) is 3.32. The molecule has 1 heterocycles. The summed E-state index contributed by atoms with van der Waals surface area (Å²) in [4.78, 5) is 15.0. The molecule has 0 bridgehead atoms. The van der Waals surface area contributed by atoms with E-state index in [2.05, 4.69) is 22.4 Å². The summed E-state index contributed by atoms with van der Waals surface area (Å²) in [5.41, 5.74) is 5.81. The van der Waals surface area contributed by atoms with Crippen molar-refractivity contribution in [2.45, 2.75) is 32.2 Å². The van der Waals surface area contributed by atoms with Crippen molar-refractivity contribution < 1.29 is 9.32 Å². The molecule has 0 fully saturated rings. The predicted octanol–water partition coefficient (Wildman–Crippen LogP) is 0.0991. The number of nitrogens with two attached hydrogens (primary N) is 1. The molecule has 1 rings (SSSR count). The summed E-state index contributed by atoms with van der Waals surface area (Å²) < 4.78 is 4.90. The Morgan fingerprint density at radius 1 is 1.67 bits per heavy atom. The maximum absolute atomic E-state index is 11.1. The highest BCUT2D eigenvalue weighted by molar-refractivity contribution is 5.89. The van der Waals surface area contributed by atoms with Gasteiger partial charge in [0.2, 0.25) is 5.89 Å². The van der Waals surface area contributed by atoms with Crippen molar-refractivity contribution in [2.24, 2.45) is 5.73 Å². The molecule has 84 valence electrons. The van der Waals surface area contributed by atoms with Crippen LogP contribution in [-0.2, 0) is 6.42 Å². The highest BCUT2D eigenvalue weighted by atomic mass is 16.5. The quantitative estimate of drug-likeness (QED) is 0.721. The Bertz CT molecular complexity index is 324. The minimum atomic E-state index is -0.353. The first-order valence-corrected chi connectivity index (χ1v) is 4.97. The number of carbonyl (C=O) groups excluding carboxylic acids is 1. The second kappa shape index (κ2) is 5.45. The summed E-state index contributed by atoms with van der Waals surface area (Å²) in [6, 6.07) is 0.00740. The number of rotatable bonds is 5. The van der Waals surface area contributed by atoms with Gasteiger partial charge in [-0.25, -0.2) is 0 Å². The Morgan fingerprint density at radius 2 is 2.40 bits per heavy atom. The molecule has 6 heteroatoms. The van der Waals surface area contributed by atoms with Gasteiger partial charge in [-0.2, -0.15) is 4.98 Å². The fraction of sp³-hybridized carbons (Fsp3) is 0.667. The average molecular weight is 212 g/mol. The second-order valence-corrected chi connectivity index (χ2v) is 3.34. The lowest BCUT2D eigenvalue weighted by Gasteiger charge is -2.05. The van der Waals surface area contributed by atoms with E-state index >= 15 is 0 Å². The molecule has 0 saturated carbocycles. The molecule has 6 nitrogen and oxygen atoms in total. The van der Waals surface area contributed by atoms with E-state index in [4.69, 9.17) is 10.3 Å². The van der Waals surface area contributed by atoms with E-state index in [1.165, 1.54) is 7.05 Å². The molecule has 0 aliphatic rings. The van der Waals surface area contributed by atoms with Crippen molar-refractivity contribution >= 4 is 5.91 Å². The number of amides is 1. The van der Waals surface area contributed by atoms with E-state index in [1.54, 1.807) is 0 Å². The maximum atomic E-state index is 11.1. The molecular weight excluding hydrogens is 196 g/mol. The lowest BCUT2D eigenvalue weighted by atomic mass is 10.1. The molecule has 0 aliphatic carbocycles. The third-order valence-electron chi connectivity index (χ3n) is 1.99. The zero-order valence-electron chi connectivity index (χ0n) is 8.99. The van der Waals surface area contributed by atoms with Crippen LogP contribution in [0.4, 0.5) is 0 Å². The standard InChI is InChI=1S/C9H16N4O2/c1-3-4-6(10)5-7-12-8(13-15-7)9(14)11-2/h6H,3-5,10H2,1-2H3,(H,11,14). The van der Waals surface area contributed by atoms with Crippen LogP contribution in [-0.4, -0.2) is 29.1 Å². The Labute approximate surface area is 88.2 Å². The van der Waals surface area contributed by atoms with Crippen LogP contribution in [0.5, 0.6) is 0 Å². The van der Waals surface area contributed by atoms with Gasteiger partial charge in [0.1, 0.15) is 0 Å². The molecule has 1 atom stereocenters. The first-order valence-electron chi connectivity index (χ1n) is 4.97. The first kappa shape index (κ1) is 11.6. The van der Waals surface area contributed by atoms with Crippen LogP contribution < -0.4 is 11.1 Å². The van der Waals surface area contributed by atoms with E-state index in [-0.39, 0.29) is 17.8 Å². The van der Waals surface area contributed by atoms with Gasteiger partial charge in [-0.3, -0.25) is 4.79 Å². The molecule has 0 aliphatic heterocycles. The summed E-state index contributed by atoms with van der Waals surface area (Å²) in [6.45, 7) is 2.06. The summed E-state index contributed by atoms with van der Waals surface area (Å²) in [6.07, 6.45) is 2.42. The van der Waals surface area contributed by atoms with Gasteiger partial charge in [0.25, 0.3) is 11.7 Å². The molecular formula is C9H16N4O2. The molecule has 0 saturated heterocycles. The third-order valence-corrected chi connectivity index (χ3v) is 1.99. The monoisotopic (exact) mass is 212 g/mol. The number of nitrogens with zero attached hydrogens (tertiary/aromatic N) is 2. The van der Waals surface area contributed by atoms with E-state index in [1.807, 2.05) is 0 Å². The Morgan fingerprint density at radius 3 is 3.00 bits per heavy atom. The van der Waals surface area contributed by atoms with Gasteiger partial charge < -0.3 is 15.6 Å². The van der Waals surface area contributed by atoms with Crippen LogP contribution in [0.15, 0.2) is 4.52 Å². The Kier molecular flexibility index (Phi) is 4.23. The largest absolute Gasteiger partial charge is 0.352 e. The SMILES string of the molecule is CCCC(N)Cc1nc(C(=O)NC)no1. The van der Waals surface area contributed by atoms with Crippen molar-refractivity contribution in [1.82, 2.24) is 15.5 Å². The molecule has 1 aromatic heterocycles. The van der Waals surface area contributed by atoms with Crippen molar-refractivity contribution in [3.05, 3.63) is 11.7 Å². The Hall–Kier alpha value is -1.43. The molecule has 0 radical (unpaired) electrons. The molecule has 1 unspecified atom stereocenters. The smallest absolute Gasteiger partial charge is 0.292 e. The normalized spacial score (nSPS) is 12.5. The van der Waals surface area contributed by atoms with Gasteiger partial charge in [-0.1, -0.05) is 18.5 Å². The fourth-order valence-electron chi connectivity index (χ4n) is 1.24. The number of hydrogen-bond acceptors (Lipinski definition) is 5. The van der Waals surface area contributed by atoms with Gasteiger partial charge in [-0.15, -0.1) is 0 Å². The zero-order chi connectivity index (χ0) is 11.3. The zero-order valence-corrected chi connectivity index (χ0v) is 8.99. The van der Waals surface area contributed by atoms with Gasteiger partial charge in [0.05, 0.1) is 0 Å². The Balaban J connectivity index is 2.56. The van der Waals surface area contributed by atoms with E-state index in [9.17, 15) is 4.79 Å². The van der Waals surface area contributed by atoms with Crippen LogP contribution in [0.3, 0.4) is 0 Å². The maximum Gasteiger partial charge on any atom is 0.292 e. The van der Waals surface area contributed by atoms with Crippen LogP contribution in [0.2, 0.25) is 0 Å². The van der Waals surface area contributed by atoms with Gasteiger partial charge in [-0.05, 0) is 6.42 Å².